The van der Waals surface area contributed by atoms with Crippen LogP contribution in [0.3, 0.4) is 0 Å². The molecule has 2 unspecified atom stereocenters. The number of aromatic nitrogens is 2. The Morgan fingerprint density at radius 3 is 3.16 bits per heavy atom. The summed E-state index contributed by atoms with van der Waals surface area (Å²) < 4.78 is 0. The van der Waals surface area contributed by atoms with Gasteiger partial charge < -0.3 is 5.73 Å². The van der Waals surface area contributed by atoms with E-state index in [1.165, 1.54) is 16.9 Å². The number of ketones is 1. The van der Waals surface area contributed by atoms with E-state index in [0.29, 0.717) is 5.69 Å². The molecule has 0 saturated carbocycles. The fourth-order valence-corrected chi connectivity index (χ4v) is 3.22. The van der Waals surface area contributed by atoms with Crippen LogP contribution in [-0.2, 0) is 6.42 Å². The average Bonchev–Trinajstić information content (AvgIpc) is 3.05. The molecule has 2 N–H and O–H groups in total. The molecule has 1 aliphatic carbocycles. The second kappa shape index (κ2) is 4.83. The molecule has 2 heterocycles. The number of Topliss-reactive ketones (excluding diaryl/α,β-unsaturated/α-hetero) is 1. The second-order valence-electron chi connectivity index (χ2n) is 4.86. The van der Waals surface area contributed by atoms with Crippen LogP contribution in [0.25, 0.3) is 0 Å². The number of hydrogen-bond acceptors (Lipinski definition) is 5. The summed E-state index contributed by atoms with van der Waals surface area (Å²) in [5.74, 6) is -0.0696. The van der Waals surface area contributed by atoms with E-state index in [9.17, 15) is 4.79 Å². The van der Waals surface area contributed by atoms with Gasteiger partial charge in [-0.2, -0.15) is 0 Å². The Morgan fingerprint density at radius 1 is 1.58 bits per heavy atom. The Labute approximate surface area is 115 Å². The van der Waals surface area contributed by atoms with Gasteiger partial charge in [0, 0.05) is 11.6 Å². The van der Waals surface area contributed by atoms with E-state index in [1.54, 1.807) is 6.20 Å². The van der Waals surface area contributed by atoms with Crippen molar-refractivity contribution in [1.29, 1.82) is 0 Å². The molecule has 1 aliphatic rings. The van der Waals surface area contributed by atoms with Crippen molar-refractivity contribution >= 4 is 17.1 Å². The number of fused-ring (bicyclic) bond motifs is 1. The van der Waals surface area contributed by atoms with Crippen LogP contribution < -0.4 is 5.73 Å². The summed E-state index contributed by atoms with van der Waals surface area (Å²) in [5.41, 5.74) is 8.41. The monoisotopic (exact) mass is 273 g/mol. The molecule has 5 heteroatoms. The first-order chi connectivity index (χ1) is 9.16. The normalized spacial score (nSPS) is 19.2. The molecule has 0 radical (unpaired) electrons. The first-order valence-electron chi connectivity index (χ1n) is 6.36. The number of rotatable bonds is 3. The van der Waals surface area contributed by atoms with Crippen LogP contribution in [0.5, 0.6) is 0 Å². The van der Waals surface area contributed by atoms with Crippen LogP contribution in [0.4, 0.5) is 0 Å². The van der Waals surface area contributed by atoms with E-state index in [0.717, 1.165) is 23.5 Å². The fraction of sp³-hybridized carbons (Fsp3) is 0.357. The highest BCUT2D eigenvalue weighted by Crippen LogP contribution is 2.34. The molecule has 3 rings (SSSR count). The Bertz CT molecular complexity index is 621. The van der Waals surface area contributed by atoms with Crippen LogP contribution in [0, 0.1) is 0 Å². The van der Waals surface area contributed by atoms with Crippen molar-refractivity contribution in [2.75, 3.05) is 0 Å². The lowest BCUT2D eigenvalue weighted by atomic mass is 9.99. The lowest BCUT2D eigenvalue weighted by Gasteiger charge is -2.07. The zero-order chi connectivity index (χ0) is 13.4. The van der Waals surface area contributed by atoms with Crippen molar-refractivity contribution < 1.29 is 4.79 Å². The number of carbonyl (C=O) groups excluding carboxylic acids is 1. The molecule has 0 spiro atoms. The summed E-state index contributed by atoms with van der Waals surface area (Å²) in [7, 11) is 0. The average molecular weight is 273 g/mol. The second-order valence-corrected chi connectivity index (χ2v) is 5.75. The minimum atomic E-state index is -0.140. The zero-order valence-electron chi connectivity index (χ0n) is 10.7. The van der Waals surface area contributed by atoms with E-state index in [2.05, 4.69) is 9.97 Å². The number of carbonyl (C=O) groups is 1. The maximum Gasteiger partial charge on any atom is 0.191 e. The predicted octanol–water partition coefficient (Wildman–Crippen LogP) is 2.47. The number of nitrogens with two attached hydrogens (primary N) is 1. The van der Waals surface area contributed by atoms with Gasteiger partial charge in [-0.3, -0.25) is 9.78 Å². The minimum Gasteiger partial charge on any atom is -0.322 e. The Balaban J connectivity index is 1.89. The van der Waals surface area contributed by atoms with Crippen LogP contribution >= 0.6 is 11.3 Å². The number of hydrogen-bond donors (Lipinski definition) is 1. The zero-order valence-corrected chi connectivity index (χ0v) is 11.5. The maximum atomic E-state index is 12.5. The van der Waals surface area contributed by atoms with Gasteiger partial charge >= 0.3 is 0 Å². The SMILES string of the molecule is CC(N)c1nc(C(=O)C2CCc3cccnc32)cs1. The van der Waals surface area contributed by atoms with Crippen molar-refractivity contribution in [3.63, 3.8) is 0 Å². The van der Waals surface area contributed by atoms with E-state index < -0.39 is 0 Å². The van der Waals surface area contributed by atoms with Crippen molar-refractivity contribution in [1.82, 2.24) is 9.97 Å². The van der Waals surface area contributed by atoms with E-state index in [4.69, 9.17) is 5.73 Å². The van der Waals surface area contributed by atoms with Gasteiger partial charge in [-0.15, -0.1) is 11.3 Å². The third-order valence-electron chi connectivity index (χ3n) is 3.44. The van der Waals surface area contributed by atoms with Crippen LogP contribution in [0.2, 0.25) is 0 Å². The molecule has 2 aromatic rings. The van der Waals surface area contributed by atoms with E-state index >= 15 is 0 Å². The summed E-state index contributed by atoms with van der Waals surface area (Å²) in [6.07, 6.45) is 3.50. The molecule has 0 saturated heterocycles. The smallest absolute Gasteiger partial charge is 0.191 e. The lowest BCUT2D eigenvalue weighted by molar-refractivity contribution is 0.0953. The molecular weight excluding hydrogens is 258 g/mol. The number of aryl methyl sites for hydroxylation is 1. The van der Waals surface area contributed by atoms with Gasteiger partial charge in [-0.25, -0.2) is 4.98 Å². The van der Waals surface area contributed by atoms with Gasteiger partial charge in [-0.1, -0.05) is 6.07 Å². The maximum absolute atomic E-state index is 12.5. The molecule has 2 atom stereocenters. The highest BCUT2D eigenvalue weighted by molar-refractivity contribution is 7.09. The minimum absolute atomic E-state index is 0.0700. The molecule has 0 fully saturated rings. The van der Waals surface area contributed by atoms with E-state index in [-0.39, 0.29) is 17.7 Å². The van der Waals surface area contributed by atoms with Gasteiger partial charge in [-0.05, 0) is 31.4 Å². The summed E-state index contributed by atoms with van der Waals surface area (Å²) in [6.45, 7) is 1.87. The molecule has 0 aromatic carbocycles. The first kappa shape index (κ1) is 12.4. The standard InChI is InChI=1S/C14H15N3OS/c1-8(15)14-17-11(7-19-14)13(18)10-5-4-9-3-2-6-16-12(9)10/h2-3,6-8,10H,4-5,15H2,1H3. The highest BCUT2D eigenvalue weighted by atomic mass is 32.1. The molecule has 0 amide bonds. The highest BCUT2D eigenvalue weighted by Gasteiger charge is 2.31. The molecule has 2 aromatic heterocycles. The van der Waals surface area contributed by atoms with Gasteiger partial charge in [0.25, 0.3) is 0 Å². The Morgan fingerprint density at radius 2 is 2.42 bits per heavy atom. The van der Waals surface area contributed by atoms with Crippen molar-refractivity contribution in [2.45, 2.75) is 31.7 Å². The third-order valence-corrected chi connectivity index (χ3v) is 4.48. The Hall–Kier alpha value is -1.59. The molecular formula is C14H15N3OS. The largest absolute Gasteiger partial charge is 0.322 e. The lowest BCUT2D eigenvalue weighted by Crippen LogP contribution is -2.12. The molecule has 98 valence electrons. The quantitative estimate of drug-likeness (QED) is 0.872. The van der Waals surface area contributed by atoms with Gasteiger partial charge in [0.1, 0.15) is 10.7 Å². The summed E-state index contributed by atoms with van der Waals surface area (Å²) in [4.78, 5) is 21.2. The van der Waals surface area contributed by atoms with Gasteiger partial charge in [0.15, 0.2) is 5.78 Å². The predicted molar refractivity (Wildman–Crippen MR) is 74.3 cm³/mol. The number of thiazole rings is 1. The third kappa shape index (κ3) is 2.19. The van der Waals surface area contributed by atoms with Crippen molar-refractivity contribution in [3.05, 3.63) is 45.7 Å². The van der Waals surface area contributed by atoms with Crippen molar-refractivity contribution in [3.8, 4) is 0 Å². The Kier molecular flexibility index (Phi) is 3.16. The summed E-state index contributed by atoms with van der Waals surface area (Å²) in [6, 6.07) is 3.84. The van der Waals surface area contributed by atoms with Crippen molar-refractivity contribution in [2.24, 2.45) is 5.73 Å². The topological polar surface area (TPSA) is 68.9 Å². The fourth-order valence-electron chi connectivity index (χ4n) is 2.46. The summed E-state index contributed by atoms with van der Waals surface area (Å²) >= 11 is 1.45. The number of nitrogens with zero attached hydrogens (tertiary/aromatic N) is 2. The summed E-state index contributed by atoms with van der Waals surface area (Å²) in [5, 5.41) is 2.62. The van der Waals surface area contributed by atoms with Crippen LogP contribution in [0.1, 0.15) is 52.1 Å². The molecule has 0 bridgehead atoms. The van der Waals surface area contributed by atoms with Gasteiger partial charge in [0.2, 0.25) is 0 Å². The molecule has 4 nitrogen and oxygen atoms in total. The number of pyridine rings is 1. The first-order valence-corrected chi connectivity index (χ1v) is 7.24. The van der Waals surface area contributed by atoms with Crippen LogP contribution in [-0.4, -0.2) is 15.8 Å². The van der Waals surface area contributed by atoms with Crippen LogP contribution in [0.15, 0.2) is 23.7 Å². The van der Waals surface area contributed by atoms with Gasteiger partial charge in [0.05, 0.1) is 17.7 Å². The molecule has 19 heavy (non-hydrogen) atoms. The molecule has 0 aliphatic heterocycles. The van der Waals surface area contributed by atoms with E-state index in [1.807, 2.05) is 24.4 Å².